The molecule has 0 saturated carbocycles. The summed E-state index contributed by atoms with van der Waals surface area (Å²) in [6.07, 6.45) is 3.74. The van der Waals surface area contributed by atoms with Crippen LogP contribution in [0, 0.1) is 0 Å². The van der Waals surface area contributed by atoms with Gasteiger partial charge in [0.2, 0.25) is 0 Å². The first kappa shape index (κ1) is 12.1. The molecule has 1 aromatic carbocycles. The van der Waals surface area contributed by atoms with Gasteiger partial charge >= 0.3 is 0 Å². The first-order chi connectivity index (χ1) is 8.74. The van der Waals surface area contributed by atoms with E-state index < -0.39 is 0 Å². The molecule has 0 amide bonds. The summed E-state index contributed by atoms with van der Waals surface area (Å²) < 4.78 is 1.34. The number of para-hydroxylation sites is 1. The van der Waals surface area contributed by atoms with E-state index in [2.05, 4.69) is 37.4 Å². The van der Waals surface area contributed by atoms with Crippen molar-refractivity contribution in [3.63, 3.8) is 0 Å². The first-order valence-electron chi connectivity index (χ1n) is 6.86. The normalized spacial score (nSPS) is 20.1. The maximum absolute atomic E-state index is 4.84. The van der Waals surface area contributed by atoms with Gasteiger partial charge in [-0.3, -0.25) is 0 Å². The zero-order valence-corrected chi connectivity index (χ0v) is 11.9. The average molecular weight is 260 g/mol. The fraction of sp³-hybridized carbons (Fsp3) is 0.533. The molecule has 0 spiro atoms. The summed E-state index contributed by atoms with van der Waals surface area (Å²) in [7, 11) is 0. The van der Waals surface area contributed by atoms with E-state index in [0.717, 1.165) is 6.42 Å². The molecule has 1 fully saturated rings. The number of hydrogen-bond donors (Lipinski definition) is 1. The molecule has 1 aliphatic heterocycles. The second-order valence-electron chi connectivity index (χ2n) is 5.47. The Hall–Kier alpha value is -0.930. The largest absolute Gasteiger partial charge is 0.314 e. The molecule has 1 N–H and O–H groups in total. The van der Waals surface area contributed by atoms with E-state index in [0.29, 0.717) is 12.0 Å². The van der Waals surface area contributed by atoms with Gasteiger partial charge in [0.15, 0.2) is 0 Å². The monoisotopic (exact) mass is 260 g/mol. The summed E-state index contributed by atoms with van der Waals surface area (Å²) in [5, 5.41) is 4.84. The van der Waals surface area contributed by atoms with E-state index in [1.807, 2.05) is 11.3 Å². The summed E-state index contributed by atoms with van der Waals surface area (Å²) >= 11 is 1.85. The summed E-state index contributed by atoms with van der Waals surface area (Å²) in [5.74, 6) is 0.528. The summed E-state index contributed by atoms with van der Waals surface area (Å²) in [6.45, 7) is 5.61. The van der Waals surface area contributed by atoms with Gasteiger partial charge in [-0.2, -0.15) is 0 Å². The van der Waals surface area contributed by atoms with E-state index in [-0.39, 0.29) is 0 Å². The SMILES string of the molecule is CC(C)c1nc2c(CC3CCCN3)cccc2s1. The van der Waals surface area contributed by atoms with Crippen LogP contribution in [0.15, 0.2) is 18.2 Å². The second-order valence-corrected chi connectivity index (χ2v) is 6.53. The molecule has 1 aromatic heterocycles. The highest BCUT2D eigenvalue weighted by atomic mass is 32.1. The number of aromatic nitrogens is 1. The predicted molar refractivity (Wildman–Crippen MR) is 78.4 cm³/mol. The quantitative estimate of drug-likeness (QED) is 0.910. The lowest BCUT2D eigenvalue weighted by atomic mass is 10.0. The Morgan fingerprint density at radius 3 is 3.06 bits per heavy atom. The Kier molecular flexibility index (Phi) is 3.35. The van der Waals surface area contributed by atoms with Crippen LogP contribution >= 0.6 is 11.3 Å². The smallest absolute Gasteiger partial charge is 0.0964 e. The van der Waals surface area contributed by atoms with Gasteiger partial charge in [-0.15, -0.1) is 11.3 Å². The molecule has 96 valence electrons. The van der Waals surface area contributed by atoms with Crippen LogP contribution in [-0.2, 0) is 6.42 Å². The van der Waals surface area contributed by atoms with Crippen molar-refractivity contribution in [3.8, 4) is 0 Å². The van der Waals surface area contributed by atoms with E-state index in [1.54, 1.807) is 0 Å². The number of nitrogens with zero attached hydrogens (tertiary/aromatic N) is 1. The Morgan fingerprint density at radius 1 is 1.44 bits per heavy atom. The van der Waals surface area contributed by atoms with Gasteiger partial charge < -0.3 is 5.32 Å². The van der Waals surface area contributed by atoms with Crippen LogP contribution in [0.3, 0.4) is 0 Å². The number of fused-ring (bicyclic) bond motifs is 1. The molecule has 1 saturated heterocycles. The van der Waals surface area contributed by atoms with Crippen molar-refractivity contribution in [1.29, 1.82) is 0 Å². The molecule has 1 aliphatic rings. The fourth-order valence-electron chi connectivity index (χ4n) is 2.63. The highest BCUT2D eigenvalue weighted by Gasteiger charge is 2.17. The van der Waals surface area contributed by atoms with Crippen molar-refractivity contribution < 1.29 is 0 Å². The molecule has 3 heteroatoms. The molecule has 2 nitrogen and oxygen atoms in total. The van der Waals surface area contributed by atoms with Crippen molar-refractivity contribution >= 4 is 21.6 Å². The Labute approximate surface area is 112 Å². The van der Waals surface area contributed by atoms with Gasteiger partial charge in [0.1, 0.15) is 0 Å². The molecule has 0 bridgehead atoms. The number of benzene rings is 1. The van der Waals surface area contributed by atoms with Gasteiger partial charge in [-0.25, -0.2) is 4.98 Å². The maximum atomic E-state index is 4.84. The number of nitrogens with one attached hydrogen (secondary N) is 1. The minimum Gasteiger partial charge on any atom is -0.314 e. The highest BCUT2D eigenvalue weighted by molar-refractivity contribution is 7.18. The third-order valence-electron chi connectivity index (χ3n) is 3.64. The van der Waals surface area contributed by atoms with E-state index in [9.17, 15) is 0 Å². The Morgan fingerprint density at radius 2 is 2.33 bits per heavy atom. The Bertz CT molecular complexity index is 538. The van der Waals surface area contributed by atoms with Gasteiger partial charge in [-0.05, 0) is 37.4 Å². The van der Waals surface area contributed by atoms with Crippen molar-refractivity contribution in [3.05, 3.63) is 28.8 Å². The summed E-state index contributed by atoms with van der Waals surface area (Å²) in [4.78, 5) is 4.84. The topological polar surface area (TPSA) is 24.9 Å². The molecule has 18 heavy (non-hydrogen) atoms. The summed E-state index contributed by atoms with van der Waals surface area (Å²) in [6, 6.07) is 7.27. The Balaban J connectivity index is 1.95. The molecule has 0 radical (unpaired) electrons. The number of rotatable bonds is 3. The fourth-order valence-corrected chi connectivity index (χ4v) is 3.65. The van der Waals surface area contributed by atoms with Crippen LogP contribution in [0.5, 0.6) is 0 Å². The minimum atomic E-state index is 0.528. The molecule has 2 heterocycles. The van der Waals surface area contributed by atoms with Gasteiger partial charge in [0.25, 0.3) is 0 Å². The van der Waals surface area contributed by atoms with Crippen molar-refractivity contribution in [1.82, 2.24) is 10.3 Å². The molecule has 1 atom stereocenters. The van der Waals surface area contributed by atoms with Gasteiger partial charge in [0, 0.05) is 12.0 Å². The lowest BCUT2D eigenvalue weighted by molar-refractivity contribution is 0.604. The number of hydrogen-bond acceptors (Lipinski definition) is 3. The van der Waals surface area contributed by atoms with Crippen LogP contribution in [0.25, 0.3) is 10.2 Å². The van der Waals surface area contributed by atoms with E-state index in [4.69, 9.17) is 4.98 Å². The standard InChI is InChI=1S/C15H20N2S/c1-10(2)15-17-14-11(5-3-7-13(14)18-15)9-12-6-4-8-16-12/h3,5,7,10,12,16H,4,6,8-9H2,1-2H3. The van der Waals surface area contributed by atoms with Crippen LogP contribution < -0.4 is 5.32 Å². The lowest BCUT2D eigenvalue weighted by Crippen LogP contribution is -2.23. The zero-order chi connectivity index (χ0) is 12.5. The maximum Gasteiger partial charge on any atom is 0.0964 e. The molecular formula is C15H20N2S. The van der Waals surface area contributed by atoms with Gasteiger partial charge in [0.05, 0.1) is 15.2 Å². The third-order valence-corrected chi connectivity index (χ3v) is 4.96. The average Bonchev–Trinajstić information content (AvgIpc) is 2.97. The van der Waals surface area contributed by atoms with Crippen LogP contribution in [-0.4, -0.2) is 17.6 Å². The van der Waals surface area contributed by atoms with Crippen molar-refractivity contribution in [2.24, 2.45) is 0 Å². The first-order valence-corrected chi connectivity index (χ1v) is 7.67. The van der Waals surface area contributed by atoms with Crippen LogP contribution in [0.4, 0.5) is 0 Å². The third kappa shape index (κ3) is 2.29. The van der Waals surface area contributed by atoms with E-state index in [1.165, 1.54) is 40.2 Å². The van der Waals surface area contributed by atoms with Crippen molar-refractivity contribution in [2.75, 3.05) is 6.54 Å². The molecular weight excluding hydrogens is 240 g/mol. The lowest BCUT2D eigenvalue weighted by Gasteiger charge is -2.10. The second kappa shape index (κ2) is 4.98. The molecule has 3 rings (SSSR count). The predicted octanol–water partition coefficient (Wildman–Crippen LogP) is 3.71. The van der Waals surface area contributed by atoms with Crippen molar-refractivity contribution in [2.45, 2.75) is 45.1 Å². The van der Waals surface area contributed by atoms with Crippen LogP contribution in [0.2, 0.25) is 0 Å². The minimum absolute atomic E-state index is 0.528. The molecule has 0 aliphatic carbocycles. The van der Waals surface area contributed by atoms with Crippen LogP contribution in [0.1, 0.15) is 43.2 Å². The van der Waals surface area contributed by atoms with Gasteiger partial charge in [-0.1, -0.05) is 26.0 Å². The summed E-state index contributed by atoms with van der Waals surface area (Å²) in [5.41, 5.74) is 2.65. The molecule has 2 aromatic rings. The molecule has 1 unspecified atom stereocenters. The zero-order valence-electron chi connectivity index (χ0n) is 11.1. The van der Waals surface area contributed by atoms with E-state index >= 15 is 0 Å². The number of thiazole rings is 1. The highest BCUT2D eigenvalue weighted by Crippen LogP contribution is 2.30.